The highest BCUT2D eigenvalue weighted by atomic mass is 127. The van der Waals surface area contributed by atoms with Crippen LogP contribution in [0, 0.1) is 0 Å². The zero-order chi connectivity index (χ0) is 18.4. The number of nitrogens with zero attached hydrogens (tertiary/aromatic N) is 2. The van der Waals surface area contributed by atoms with Gasteiger partial charge in [0.05, 0.1) is 0 Å². The summed E-state index contributed by atoms with van der Waals surface area (Å²) in [4.78, 5) is 6.79. The van der Waals surface area contributed by atoms with Crippen molar-refractivity contribution in [1.29, 1.82) is 0 Å². The molecule has 0 amide bonds. The number of hydrogen-bond donors (Lipinski definition) is 2. The molecule has 0 radical (unpaired) electrons. The molecule has 1 aromatic rings. The maximum absolute atomic E-state index is 6.05. The molecular weight excluding hydrogens is 439 g/mol. The molecule has 0 spiro atoms. The Hall–Kier alpha value is -1.02. The van der Waals surface area contributed by atoms with Gasteiger partial charge in [-0.25, -0.2) is 0 Å². The Morgan fingerprint density at radius 1 is 1.27 bits per heavy atom. The summed E-state index contributed by atoms with van der Waals surface area (Å²) in [5.74, 6) is 1.74. The summed E-state index contributed by atoms with van der Waals surface area (Å²) >= 11 is 0. The summed E-state index contributed by atoms with van der Waals surface area (Å²) < 4.78 is 6.05. The molecule has 2 rings (SSSR count). The van der Waals surface area contributed by atoms with E-state index >= 15 is 0 Å². The minimum Gasteiger partial charge on any atom is -0.488 e. The summed E-state index contributed by atoms with van der Waals surface area (Å²) in [5.41, 5.74) is 0.919. The predicted molar refractivity (Wildman–Crippen MR) is 121 cm³/mol. The van der Waals surface area contributed by atoms with Gasteiger partial charge in [0, 0.05) is 37.8 Å². The third kappa shape index (κ3) is 7.70. The van der Waals surface area contributed by atoms with Crippen molar-refractivity contribution in [2.75, 3.05) is 20.6 Å². The summed E-state index contributed by atoms with van der Waals surface area (Å²) in [6.07, 6.45) is 2.66. The van der Waals surface area contributed by atoms with Crippen LogP contribution in [0.25, 0.3) is 0 Å². The fraction of sp³-hybridized carbons (Fsp3) is 0.650. The third-order valence-electron chi connectivity index (χ3n) is 4.44. The molecule has 26 heavy (non-hydrogen) atoms. The van der Waals surface area contributed by atoms with E-state index in [0.717, 1.165) is 29.9 Å². The lowest BCUT2D eigenvalue weighted by molar-refractivity contribution is 0.129. The smallest absolute Gasteiger partial charge is 0.191 e. The number of guanidine groups is 1. The van der Waals surface area contributed by atoms with Crippen LogP contribution in [0.5, 0.6) is 5.75 Å². The molecule has 1 aliphatic carbocycles. The van der Waals surface area contributed by atoms with E-state index in [9.17, 15) is 0 Å². The largest absolute Gasteiger partial charge is 0.488 e. The number of hydrogen-bond acceptors (Lipinski definition) is 3. The topological polar surface area (TPSA) is 48.9 Å². The number of ether oxygens (including phenoxy) is 1. The van der Waals surface area contributed by atoms with Crippen LogP contribution in [0.2, 0.25) is 0 Å². The number of likely N-dealkylation sites (N-methyl/N-ethyl adjacent to an activating group) is 1. The van der Waals surface area contributed by atoms with Crippen molar-refractivity contribution in [2.45, 2.75) is 64.8 Å². The Bertz CT molecular complexity index is 581. The van der Waals surface area contributed by atoms with Crippen molar-refractivity contribution in [3.63, 3.8) is 0 Å². The zero-order valence-electron chi connectivity index (χ0n) is 17.0. The predicted octanol–water partition coefficient (Wildman–Crippen LogP) is 3.63. The Morgan fingerprint density at radius 2 is 1.92 bits per heavy atom. The fourth-order valence-electron chi connectivity index (χ4n) is 2.71. The standard InChI is InChI=1S/C20H34N4O.HI/c1-15(24(6)17-11-12-17)13-22-19(21-5)23-14-16-9-7-8-10-18(16)25-20(2,3)4;/h7-10,15,17H,11-14H2,1-6H3,(H2,21,22,23);1H. The molecule has 0 saturated heterocycles. The van der Waals surface area contributed by atoms with E-state index in [-0.39, 0.29) is 29.6 Å². The minimum absolute atomic E-state index is 0. The van der Waals surface area contributed by atoms with E-state index in [2.05, 4.69) is 61.3 Å². The first-order valence-corrected chi connectivity index (χ1v) is 9.23. The van der Waals surface area contributed by atoms with Crippen molar-refractivity contribution < 1.29 is 4.74 Å². The van der Waals surface area contributed by atoms with Crippen molar-refractivity contribution in [3.8, 4) is 5.75 Å². The summed E-state index contributed by atoms with van der Waals surface area (Å²) in [5, 5.41) is 6.82. The molecule has 1 aromatic carbocycles. The van der Waals surface area contributed by atoms with Crippen LogP contribution < -0.4 is 15.4 Å². The Balaban J connectivity index is 0.00000338. The Labute approximate surface area is 176 Å². The third-order valence-corrected chi connectivity index (χ3v) is 4.44. The van der Waals surface area contributed by atoms with E-state index in [0.29, 0.717) is 12.6 Å². The minimum atomic E-state index is -0.209. The number of nitrogens with one attached hydrogen (secondary N) is 2. The molecule has 5 nitrogen and oxygen atoms in total. The maximum atomic E-state index is 6.05. The number of halogens is 1. The first kappa shape index (κ1) is 23.0. The number of para-hydroxylation sites is 1. The van der Waals surface area contributed by atoms with Gasteiger partial charge in [-0.2, -0.15) is 0 Å². The highest BCUT2D eigenvalue weighted by Crippen LogP contribution is 2.26. The molecule has 0 aromatic heterocycles. The van der Waals surface area contributed by atoms with Gasteiger partial charge in [0.15, 0.2) is 5.96 Å². The van der Waals surface area contributed by atoms with Gasteiger partial charge in [-0.1, -0.05) is 18.2 Å². The van der Waals surface area contributed by atoms with Gasteiger partial charge >= 0.3 is 0 Å². The second kappa shape index (κ2) is 10.3. The van der Waals surface area contributed by atoms with Crippen LogP contribution in [0.3, 0.4) is 0 Å². The monoisotopic (exact) mass is 474 g/mol. The van der Waals surface area contributed by atoms with Crippen LogP contribution in [-0.4, -0.2) is 49.2 Å². The van der Waals surface area contributed by atoms with Gasteiger partial charge in [-0.05, 0) is 53.7 Å². The number of rotatable bonds is 7. The molecule has 0 heterocycles. The molecule has 1 unspecified atom stereocenters. The molecular formula is C20H35IN4O. The van der Waals surface area contributed by atoms with E-state index in [1.165, 1.54) is 12.8 Å². The first-order valence-electron chi connectivity index (χ1n) is 9.23. The lowest BCUT2D eigenvalue weighted by Gasteiger charge is -2.26. The van der Waals surface area contributed by atoms with E-state index in [4.69, 9.17) is 4.74 Å². The van der Waals surface area contributed by atoms with Crippen molar-refractivity contribution in [3.05, 3.63) is 29.8 Å². The van der Waals surface area contributed by atoms with Crippen molar-refractivity contribution in [2.24, 2.45) is 4.99 Å². The fourth-order valence-corrected chi connectivity index (χ4v) is 2.71. The normalized spacial score (nSPS) is 16.0. The van der Waals surface area contributed by atoms with Gasteiger partial charge < -0.3 is 15.4 Å². The average Bonchev–Trinajstić information content (AvgIpc) is 3.39. The molecule has 1 aliphatic rings. The van der Waals surface area contributed by atoms with Gasteiger partial charge in [0.25, 0.3) is 0 Å². The highest BCUT2D eigenvalue weighted by Gasteiger charge is 2.28. The summed E-state index contributed by atoms with van der Waals surface area (Å²) in [6, 6.07) is 9.41. The van der Waals surface area contributed by atoms with Crippen LogP contribution >= 0.6 is 24.0 Å². The van der Waals surface area contributed by atoms with Crippen LogP contribution in [0.4, 0.5) is 0 Å². The maximum Gasteiger partial charge on any atom is 0.191 e. The van der Waals surface area contributed by atoms with Crippen molar-refractivity contribution in [1.82, 2.24) is 15.5 Å². The van der Waals surface area contributed by atoms with E-state index < -0.39 is 0 Å². The molecule has 2 N–H and O–H groups in total. The van der Waals surface area contributed by atoms with Gasteiger partial charge in [-0.15, -0.1) is 24.0 Å². The molecule has 0 bridgehead atoms. The van der Waals surface area contributed by atoms with Crippen molar-refractivity contribution >= 4 is 29.9 Å². The second-order valence-electron chi connectivity index (χ2n) is 7.87. The van der Waals surface area contributed by atoms with Crippen LogP contribution in [0.15, 0.2) is 29.3 Å². The lowest BCUT2D eigenvalue weighted by Crippen LogP contribution is -2.45. The summed E-state index contributed by atoms with van der Waals surface area (Å²) in [6.45, 7) is 10.0. The van der Waals surface area contributed by atoms with E-state index in [1.807, 2.05) is 25.2 Å². The summed E-state index contributed by atoms with van der Waals surface area (Å²) in [7, 11) is 4.02. The highest BCUT2D eigenvalue weighted by molar-refractivity contribution is 14.0. The van der Waals surface area contributed by atoms with Gasteiger partial charge in [-0.3, -0.25) is 9.89 Å². The van der Waals surface area contributed by atoms with Gasteiger partial charge in [0.2, 0.25) is 0 Å². The first-order chi connectivity index (χ1) is 11.8. The number of aliphatic imine (C=N–C) groups is 1. The number of benzene rings is 1. The van der Waals surface area contributed by atoms with Crippen LogP contribution in [-0.2, 0) is 6.54 Å². The van der Waals surface area contributed by atoms with E-state index in [1.54, 1.807) is 0 Å². The van der Waals surface area contributed by atoms with Gasteiger partial charge in [0.1, 0.15) is 11.4 Å². The Kier molecular flexibility index (Phi) is 9.16. The molecule has 1 saturated carbocycles. The van der Waals surface area contributed by atoms with Crippen LogP contribution in [0.1, 0.15) is 46.1 Å². The SMILES string of the molecule is CN=C(NCc1ccccc1OC(C)(C)C)NCC(C)N(C)C1CC1.I. The molecule has 0 aliphatic heterocycles. The Morgan fingerprint density at radius 3 is 2.50 bits per heavy atom. The quantitative estimate of drug-likeness (QED) is 0.360. The molecule has 6 heteroatoms. The molecule has 1 atom stereocenters. The second-order valence-corrected chi connectivity index (χ2v) is 7.87. The average molecular weight is 474 g/mol. The molecule has 1 fully saturated rings. The molecule has 148 valence electrons. The zero-order valence-corrected chi connectivity index (χ0v) is 19.3. The lowest BCUT2D eigenvalue weighted by atomic mass is 10.1.